The van der Waals surface area contributed by atoms with E-state index in [1.807, 2.05) is 32.2 Å². The third-order valence-electron chi connectivity index (χ3n) is 2.87. The molecule has 3 heterocycles. The Balaban J connectivity index is 0.000000847. The number of fused-ring (bicyclic) bond motifs is 1. The normalized spacial score (nSPS) is 10.2. The van der Waals surface area contributed by atoms with Crippen LogP contribution in [0.15, 0.2) is 45.7 Å². The molecule has 0 amide bonds. The highest BCUT2D eigenvalue weighted by molar-refractivity contribution is 9.10. The maximum Gasteiger partial charge on any atom is 0.341 e. The van der Waals surface area contributed by atoms with Gasteiger partial charge in [0, 0.05) is 11.8 Å². The third-order valence-corrected chi connectivity index (χ3v) is 3.48. The molecule has 0 N–H and O–H groups in total. The van der Waals surface area contributed by atoms with Crippen molar-refractivity contribution in [3.05, 3.63) is 46.9 Å². The number of esters is 1. The van der Waals surface area contributed by atoms with Crippen molar-refractivity contribution in [1.82, 2.24) is 9.61 Å². The van der Waals surface area contributed by atoms with Crippen LogP contribution >= 0.6 is 15.9 Å². The van der Waals surface area contributed by atoms with Gasteiger partial charge >= 0.3 is 5.97 Å². The summed E-state index contributed by atoms with van der Waals surface area (Å²) in [4.78, 5) is 11.6. The predicted molar refractivity (Wildman–Crippen MR) is 87.9 cm³/mol. The van der Waals surface area contributed by atoms with Crippen LogP contribution in [0, 0.1) is 0 Å². The molecule has 0 aromatic carbocycles. The summed E-state index contributed by atoms with van der Waals surface area (Å²) < 4.78 is 13.0. The number of rotatable bonds is 3. The van der Waals surface area contributed by atoms with E-state index in [0.29, 0.717) is 17.9 Å². The van der Waals surface area contributed by atoms with E-state index in [-0.39, 0.29) is 5.97 Å². The summed E-state index contributed by atoms with van der Waals surface area (Å²) in [5.41, 5.74) is 2.21. The Morgan fingerprint density at radius 2 is 2.18 bits per heavy atom. The molecular weight excluding hydrogens is 348 g/mol. The lowest BCUT2D eigenvalue weighted by Gasteiger charge is -1.98. The summed E-state index contributed by atoms with van der Waals surface area (Å²) in [7, 11) is 0. The van der Waals surface area contributed by atoms with Crippen molar-refractivity contribution in [2.24, 2.45) is 0 Å². The zero-order valence-electron chi connectivity index (χ0n) is 12.7. The van der Waals surface area contributed by atoms with Gasteiger partial charge in [0.1, 0.15) is 12.0 Å². The first-order chi connectivity index (χ1) is 10.7. The lowest BCUT2D eigenvalue weighted by atomic mass is 10.2. The Hall–Kier alpha value is -2.08. The van der Waals surface area contributed by atoms with Crippen LogP contribution in [0.2, 0.25) is 0 Å². The number of furan rings is 1. The molecule has 0 radical (unpaired) electrons. The average molecular weight is 365 g/mol. The minimum Gasteiger partial charge on any atom is -0.463 e. The molecule has 0 aliphatic rings. The first-order valence-electron chi connectivity index (χ1n) is 7.08. The number of pyridine rings is 1. The molecule has 116 valence electrons. The summed E-state index contributed by atoms with van der Waals surface area (Å²) in [6.45, 7) is 6.11. The lowest BCUT2D eigenvalue weighted by molar-refractivity contribution is 0.0525. The minimum absolute atomic E-state index is 0.341. The number of aromatic nitrogens is 2. The number of nitrogens with zero attached hydrogens (tertiary/aromatic N) is 2. The zero-order valence-corrected chi connectivity index (χ0v) is 14.3. The van der Waals surface area contributed by atoms with Crippen molar-refractivity contribution in [2.75, 3.05) is 6.61 Å². The van der Waals surface area contributed by atoms with Crippen LogP contribution < -0.4 is 0 Å². The van der Waals surface area contributed by atoms with Gasteiger partial charge in [0.2, 0.25) is 0 Å². The molecular formula is C16H17BrN2O3. The first-order valence-corrected chi connectivity index (χ1v) is 7.87. The van der Waals surface area contributed by atoms with E-state index in [9.17, 15) is 4.79 Å². The Kier molecular flexibility index (Phi) is 5.38. The maximum absolute atomic E-state index is 11.6. The minimum atomic E-state index is -0.380. The second-order valence-electron chi connectivity index (χ2n) is 4.16. The van der Waals surface area contributed by atoms with Crippen molar-refractivity contribution in [1.29, 1.82) is 0 Å². The number of hydrogen-bond acceptors (Lipinski definition) is 4. The highest BCUT2D eigenvalue weighted by Crippen LogP contribution is 2.26. The van der Waals surface area contributed by atoms with Gasteiger partial charge in [-0.25, -0.2) is 9.31 Å². The number of carbonyl (C=O) groups excluding carboxylic acids is 1. The molecule has 5 nitrogen and oxygen atoms in total. The molecule has 0 unspecified atom stereocenters. The summed E-state index contributed by atoms with van der Waals surface area (Å²) in [6, 6.07) is 5.49. The van der Waals surface area contributed by atoms with Gasteiger partial charge in [-0.15, -0.1) is 0 Å². The fourth-order valence-electron chi connectivity index (χ4n) is 1.91. The van der Waals surface area contributed by atoms with Gasteiger partial charge in [0.25, 0.3) is 0 Å². The Morgan fingerprint density at radius 3 is 2.91 bits per heavy atom. The topological polar surface area (TPSA) is 56.7 Å². The van der Waals surface area contributed by atoms with Crippen LogP contribution in [0.4, 0.5) is 0 Å². The lowest BCUT2D eigenvalue weighted by Crippen LogP contribution is -2.02. The van der Waals surface area contributed by atoms with Crippen molar-refractivity contribution in [3.8, 4) is 11.3 Å². The summed E-state index contributed by atoms with van der Waals surface area (Å²) in [5.74, 6) is 0.234. The van der Waals surface area contributed by atoms with Gasteiger partial charge in [-0.3, -0.25) is 0 Å². The van der Waals surface area contributed by atoms with E-state index in [1.165, 1.54) is 6.26 Å². The highest BCUT2D eigenvalue weighted by Gasteiger charge is 2.13. The number of ether oxygens (including phenoxy) is 1. The van der Waals surface area contributed by atoms with E-state index in [4.69, 9.17) is 9.15 Å². The monoisotopic (exact) mass is 364 g/mol. The van der Waals surface area contributed by atoms with Crippen LogP contribution in [0.3, 0.4) is 0 Å². The SMILES string of the molecule is CC.CCOC(=O)c1coc(-c2ccn3ncc(Br)c3c2)c1. The predicted octanol–water partition coefficient (Wildman–Crippen LogP) is 4.56. The van der Waals surface area contributed by atoms with Crippen LogP contribution in [-0.4, -0.2) is 22.2 Å². The molecule has 0 fully saturated rings. The van der Waals surface area contributed by atoms with E-state index >= 15 is 0 Å². The Bertz CT molecular complexity index is 777. The van der Waals surface area contributed by atoms with Gasteiger partial charge in [-0.05, 0) is 41.1 Å². The number of halogens is 1. The summed E-state index contributed by atoms with van der Waals surface area (Å²) in [5, 5.41) is 4.18. The zero-order chi connectivity index (χ0) is 16.1. The van der Waals surface area contributed by atoms with Gasteiger partial charge in [0.15, 0.2) is 0 Å². The molecule has 0 aliphatic heterocycles. The van der Waals surface area contributed by atoms with E-state index in [0.717, 1.165) is 15.6 Å². The van der Waals surface area contributed by atoms with E-state index in [2.05, 4.69) is 21.0 Å². The van der Waals surface area contributed by atoms with Gasteiger partial charge in [0.05, 0.1) is 28.4 Å². The molecule has 0 atom stereocenters. The quantitative estimate of drug-likeness (QED) is 0.639. The van der Waals surface area contributed by atoms with Crippen LogP contribution in [0.25, 0.3) is 16.8 Å². The molecule has 22 heavy (non-hydrogen) atoms. The molecule has 6 heteroatoms. The molecule has 3 aromatic heterocycles. The molecule has 3 aromatic rings. The van der Waals surface area contributed by atoms with Crippen molar-refractivity contribution < 1.29 is 13.9 Å². The third kappa shape index (κ3) is 3.22. The number of hydrogen-bond donors (Lipinski definition) is 0. The van der Waals surface area contributed by atoms with E-state index in [1.54, 1.807) is 23.7 Å². The van der Waals surface area contributed by atoms with Crippen LogP contribution in [0.5, 0.6) is 0 Å². The van der Waals surface area contributed by atoms with Crippen LogP contribution in [-0.2, 0) is 4.74 Å². The largest absolute Gasteiger partial charge is 0.463 e. The second kappa shape index (κ2) is 7.26. The maximum atomic E-state index is 11.6. The smallest absolute Gasteiger partial charge is 0.341 e. The highest BCUT2D eigenvalue weighted by atomic mass is 79.9. The number of carbonyl (C=O) groups is 1. The van der Waals surface area contributed by atoms with Crippen molar-refractivity contribution in [3.63, 3.8) is 0 Å². The van der Waals surface area contributed by atoms with Gasteiger partial charge in [-0.2, -0.15) is 5.10 Å². The van der Waals surface area contributed by atoms with Gasteiger partial charge < -0.3 is 9.15 Å². The molecule has 0 saturated carbocycles. The Morgan fingerprint density at radius 1 is 1.41 bits per heavy atom. The first kappa shape index (κ1) is 16.3. The van der Waals surface area contributed by atoms with Gasteiger partial charge in [-0.1, -0.05) is 13.8 Å². The fraction of sp³-hybridized carbons (Fsp3) is 0.250. The Labute approximate surface area is 137 Å². The molecule has 3 rings (SSSR count). The van der Waals surface area contributed by atoms with Crippen LogP contribution in [0.1, 0.15) is 31.1 Å². The second-order valence-corrected chi connectivity index (χ2v) is 5.01. The van der Waals surface area contributed by atoms with Crippen molar-refractivity contribution in [2.45, 2.75) is 20.8 Å². The molecule has 0 bridgehead atoms. The fourth-order valence-corrected chi connectivity index (χ4v) is 2.30. The van der Waals surface area contributed by atoms with E-state index < -0.39 is 0 Å². The summed E-state index contributed by atoms with van der Waals surface area (Å²) >= 11 is 3.43. The average Bonchev–Trinajstić information content (AvgIpc) is 3.17. The summed E-state index contributed by atoms with van der Waals surface area (Å²) in [6.07, 6.45) is 4.97. The molecule has 0 spiro atoms. The molecule has 0 aliphatic carbocycles. The molecule has 0 saturated heterocycles. The van der Waals surface area contributed by atoms with Crippen molar-refractivity contribution >= 4 is 27.4 Å². The standard InChI is InChI=1S/C14H11BrN2O3.C2H6/c1-2-19-14(18)10-6-13(20-8-10)9-3-4-17-12(5-9)11(15)7-16-17;1-2/h3-8H,2H2,1H3;1-2H3.